The fourth-order valence-electron chi connectivity index (χ4n) is 2.93. The summed E-state index contributed by atoms with van der Waals surface area (Å²) in [7, 11) is 0. The van der Waals surface area contributed by atoms with E-state index in [1.165, 1.54) is 36.9 Å². The van der Waals surface area contributed by atoms with Crippen molar-refractivity contribution in [1.29, 1.82) is 0 Å². The van der Waals surface area contributed by atoms with Crippen molar-refractivity contribution in [3.63, 3.8) is 0 Å². The third-order valence-corrected chi connectivity index (χ3v) is 4.22. The summed E-state index contributed by atoms with van der Waals surface area (Å²) in [6.45, 7) is 5.17. The molecule has 1 aromatic rings. The molecule has 3 N–H and O–H groups in total. The van der Waals surface area contributed by atoms with Gasteiger partial charge in [-0.2, -0.15) is 0 Å². The summed E-state index contributed by atoms with van der Waals surface area (Å²) < 4.78 is 0. The molecular weight excluding hydrogens is 208 g/mol. The van der Waals surface area contributed by atoms with Crippen LogP contribution in [0.25, 0.3) is 0 Å². The lowest BCUT2D eigenvalue weighted by Gasteiger charge is -2.31. The average Bonchev–Trinajstić information content (AvgIpc) is 2.76. The van der Waals surface area contributed by atoms with Crippen molar-refractivity contribution in [3.8, 4) is 0 Å². The van der Waals surface area contributed by atoms with Crippen LogP contribution in [0.15, 0.2) is 24.3 Å². The number of anilines is 1. The van der Waals surface area contributed by atoms with Crippen molar-refractivity contribution in [2.45, 2.75) is 45.1 Å². The number of benzene rings is 1. The third-order valence-electron chi connectivity index (χ3n) is 4.22. The van der Waals surface area contributed by atoms with Crippen LogP contribution in [0.3, 0.4) is 0 Å². The maximum absolute atomic E-state index is 6.02. The van der Waals surface area contributed by atoms with E-state index in [9.17, 15) is 0 Å². The molecule has 2 rings (SSSR count). The Bertz CT molecular complexity index is 375. The first-order chi connectivity index (χ1) is 8.19. The number of nitrogens with one attached hydrogen (secondary N) is 1. The molecule has 0 saturated heterocycles. The largest absolute Gasteiger partial charge is 0.378 e. The van der Waals surface area contributed by atoms with E-state index < -0.39 is 0 Å². The molecule has 0 aromatic heterocycles. The zero-order valence-electron chi connectivity index (χ0n) is 11.0. The highest BCUT2D eigenvalue weighted by atomic mass is 15.0. The van der Waals surface area contributed by atoms with Crippen LogP contribution in [0.1, 0.15) is 38.2 Å². The second kappa shape index (κ2) is 5.09. The molecule has 1 aromatic carbocycles. The first kappa shape index (κ1) is 12.4. The van der Waals surface area contributed by atoms with Crippen LogP contribution in [0.4, 0.5) is 5.69 Å². The fraction of sp³-hybridized carbons (Fsp3) is 0.600. The molecule has 0 heterocycles. The van der Waals surface area contributed by atoms with Gasteiger partial charge in [0.25, 0.3) is 0 Å². The summed E-state index contributed by atoms with van der Waals surface area (Å²) in [5.41, 5.74) is 8.70. The summed E-state index contributed by atoms with van der Waals surface area (Å²) in [6, 6.07) is 8.48. The molecule has 0 spiro atoms. The number of hydrogen-bond donors (Lipinski definition) is 2. The number of rotatable bonds is 4. The maximum atomic E-state index is 6.02. The number of nitrogens with two attached hydrogens (primary N) is 1. The molecule has 2 atom stereocenters. The van der Waals surface area contributed by atoms with E-state index in [0.717, 1.165) is 12.5 Å². The molecule has 0 amide bonds. The summed E-state index contributed by atoms with van der Waals surface area (Å²) in [6.07, 6.45) is 5.01. The van der Waals surface area contributed by atoms with Crippen LogP contribution in [0.2, 0.25) is 0 Å². The molecule has 1 aliphatic carbocycles. The number of aryl methyl sites for hydroxylation is 1. The van der Waals surface area contributed by atoms with Gasteiger partial charge < -0.3 is 11.1 Å². The van der Waals surface area contributed by atoms with Crippen LogP contribution in [-0.2, 0) is 0 Å². The lowest BCUT2D eigenvalue weighted by Crippen LogP contribution is -2.43. The predicted molar refractivity (Wildman–Crippen MR) is 74.2 cm³/mol. The molecule has 2 heteroatoms. The van der Waals surface area contributed by atoms with Crippen molar-refractivity contribution >= 4 is 5.69 Å². The minimum Gasteiger partial charge on any atom is -0.378 e. The van der Waals surface area contributed by atoms with Crippen LogP contribution in [0, 0.1) is 12.8 Å². The Balaban J connectivity index is 2.13. The first-order valence-electron chi connectivity index (χ1n) is 6.73. The van der Waals surface area contributed by atoms with Crippen LogP contribution < -0.4 is 11.1 Å². The highest BCUT2D eigenvalue weighted by molar-refractivity contribution is 5.52. The van der Waals surface area contributed by atoms with Crippen molar-refractivity contribution in [1.82, 2.24) is 0 Å². The first-order valence-corrected chi connectivity index (χ1v) is 6.73. The second-order valence-corrected chi connectivity index (χ2v) is 5.44. The Morgan fingerprint density at radius 2 is 2.18 bits per heavy atom. The molecule has 2 nitrogen and oxygen atoms in total. The molecule has 0 radical (unpaired) electrons. The fourth-order valence-corrected chi connectivity index (χ4v) is 2.93. The quantitative estimate of drug-likeness (QED) is 0.835. The minimum absolute atomic E-state index is 0.132. The molecule has 1 fully saturated rings. The van der Waals surface area contributed by atoms with E-state index in [1.54, 1.807) is 0 Å². The Kier molecular flexibility index (Phi) is 3.72. The average molecular weight is 232 g/mol. The molecular formula is C15H24N2. The summed E-state index contributed by atoms with van der Waals surface area (Å²) >= 11 is 0. The van der Waals surface area contributed by atoms with Gasteiger partial charge >= 0.3 is 0 Å². The summed E-state index contributed by atoms with van der Waals surface area (Å²) in [5.74, 6) is 0.843. The van der Waals surface area contributed by atoms with Crippen molar-refractivity contribution < 1.29 is 0 Å². The Morgan fingerprint density at radius 1 is 1.41 bits per heavy atom. The third kappa shape index (κ3) is 2.63. The molecule has 1 aliphatic rings. The van der Waals surface area contributed by atoms with Gasteiger partial charge in [0.05, 0.1) is 0 Å². The van der Waals surface area contributed by atoms with Crippen LogP contribution in [0.5, 0.6) is 0 Å². The minimum atomic E-state index is 0.132. The smallest absolute Gasteiger partial charge is 0.0498 e. The van der Waals surface area contributed by atoms with Crippen molar-refractivity contribution in [2.24, 2.45) is 11.7 Å². The molecule has 17 heavy (non-hydrogen) atoms. The van der Waals surface area contributed by atoms with Gasteiger partial charge in [-0.05, 0) is 43.7 Å². The van der Waals surface area contributed by atoms with E-state index in [2.05, 4.69) is 43.4 Å². The summed E-state index contributed by atoms with van der Waals surface area (Å²) in [4.78, 5) is 0. The van der Waals surface area contributed by atoms with Gasteiger partial charge in [-0.3, -0.25) is 0 Å². The van der Waals surface area contributed by atoms with Crippen LogP contribution in [-0.4, -0.2) is 12.1 Å². The zero-order chi connectivity index (χ0) is 12.3. The SMILES string of the molecule is CCC1CCC(CN)(Nc2ccccc2C)C1. The standard InChI is InChI=1S/C15H24N2/c1-3-13-8-9-15(10-13,11-16)17-14-7-5-4-6-12(14)2/h4-7,13,17H,3,8-11,16H2,1-2H3. The van der Waals surface area contributed by atoms with Crippen molar-refractivity contribution in [3.05, 3.63) is 29.8 Å². The summed E-state index contributed by atoms with van der Waals surface area (Å²) in [5, 5.41) is 3.71. The van der Waals surface area contributed by atoms with Crippen molar-refractivity contribution in [2.75, 3.05) is 11.9 Å². The molecule has 1 saturated carbocycles. The predicted octanol–water partition coefficient (Wildman–Crippen LogP) is 3.31. The van der Waals surface area contributed by atoms with Crippen LogP contribution >= 0.6 is 0 Å². The molecule has 2 unspecified atom stereocenters. The lowest BCUT2D eigenvalue weighted by atomic mass is 9.94. The highest BCUT2D eigenvalue weighted by Gasteiger charge is 2.37. The highest BCUT2D eigenvalue weighted by Crippen LogP contribution is 2.38. The number of para-hydroxylation sites is 1. The van der Waals surface area contributed by atoms with Gasteiger partial charge in [-0.1, -0.05) is 31.5 Å². The lowest BCUT2D eigenvalue weighted by molar-refractivity contribution is 0.449. The van der Waals surface area contributed by atoms with Gasteiger partial charge in [0, 0.05) is 17.8 Å². The normalized spacial score (nSPS) is 28.3. The maximum Gasteiger partial charge on any atom is 0.0498 e. The van der Waals surface area contributed by atoms with E-state index in [-0.39, 0.29) is 5.54 Å². The zero-order valence-corrected chi connectivity index (χ0v) is 11.0. The monoisotopic (exact) mass is 232 g/mol. The van der Waals surface area contributed by atoms with Gasteiger partial charge in [-0.15, -0.1) is 0 Å². The van der Waals surface area contributed by atoms with E-state index >= 15 is 0 Å². The molecule has 0 aliphatic heterocycles. The Labute approximate surface area is 105 Å². The van der Waals surface area contributed by atoms with Gasteiger partial charge in [0.2, 0.25) is 0 Å². The second-order valence-electron chi connectivity index (χ2n) is 5.44. The van der Waals surface area contributed by atoms with E-state index in [1.807, 2.05) is 0 Å². The van der Waals surface area contributed by atoms with E-state index in [4.69, 9.17) is 5.73 Å². The Morgan fingerprint density at radius 3 is 2.76 bits per heavy atom. The van der Waals surface area contributed by atoms with Gasteiger partial charge in [0.1, 0.15) is 0 Å². The molecule has 94 valence electrons. The van der Waals surface area contributed by atoms with Gasteiger partial charge in [0.15, 0.2) is 0 Å². The molecule has 0 bridgehead atoms. The topological polar surface area (TPSA) is 38.0 Å². The number of hydrogen-bond acceptors (Lipinski definition) is 2. The Hall–Kier alpha value is -1.02. The van der Waals surface area contributed by atoms with Gasteiger partial charge in [-0.25, -0.2) is 0 Å². The van der Waals surface area contributed by atoms with E-state index in [0.29, 0.717) is 0 Å².